The van der Waals surface area contributed by atoms with Crippen molar-refractivity contribution in [2.24, 2.45) is 5.73 Å². The number of hydrogen-bond acceptors (Lipinski definition) is 5. The van der Waals surface area contributed by atoms with Crippen molar-refractivity contribution >= 4 is 23.6 Å². The highest BCUT2D eigenvalue weighted by Gasteiger charge is 2.19. The normalized spacial score (nSPS) is 11.7. The third-order valence-electron chi connectivity index (χ3n) is 3.05. The SMILES string of the molecule is Cc1ccc(SC[C@H](C)NC(=O)c2nccnc2C(N)=O)cc1. The van der Waals surface area contributed by atoms with Crippen LogP contribution in [0.15, 0.2) is 41.6 Å². The summed E-state index contributed by atoms with van der Waals surface area (Å²) in [6.07, 6.45) is 2.68. The smallest absolute Gasteiger partial charge is 0.272 e. The molecule has 120 valence electrons. The molecule has 2 amide bonds. The quantitative estimate of drug-likeness (QED) is 0.787. The first-order valence-electron chi connectivity index (χ1n) is 7.08. The number of nitrogens with two attached hydrogens (primary N) is 1. The second-order valence-corrected chi connectivity index (χ2v) is 6.21. The number of aryl methyl sites for hydroxylation is 1. The zero-order chi connectivity index (χ0) is 16.8. The lowest BCUT2D eigenvalue weighted by Gasteiger charge is -2.14. The molecule has 0 bridgehead atoms. The summed E-state index contributed by atoms with van der Waals surface area (Å²) in [5, 5.41) is 2.80. The molecule has 0 aliphatic rings. The Morgan fingerprint density at radius 2 is 1.78 bits per heavy atom. The molecular weight excluding hydrogens is 312 g/mol. The van der Waals surface area contributed by atoms with Crippen LogP contribution in [0.1, 0.15) is 33.5 Å². The molecule has 7 heteroatoms. The molecule has 0 spiro atoms. The minimum Gasteiger partial charge on any atom is -0.364 e. The van der Waals surface area contributed by atoms with Crippen LogP contribution < -0.4 is 11.1 Å². The Hall–Kier alpha value is -2.41. The third kappa shape index (κ3) is 4.79. The van der Waals surface area contributed by atoms with Crippen molar-refractivity contribution in [2.75, 3.05) is 5.75 Å². The van der Waals surface area contributed by atoms with Crippen LogP contribution in [0.3, 0.4) is 0 Å². The zero-order valence-electron chi connectivity index (χ0n) is 12.9. The fraction of sp³-hybridized carbons (Fsp3) is 0.250. The lowest BCUT2D eigenvalue weighted by molar-refractivity contribution is 0.0920. The molecule has 0 fully saturated rings. The van der Waals surface area contributed by atoms with Gasteiger partial charge in [0.2, 0.25) is 0 Å². The highest BCUT2D eigenvalue weighted by Crippen LogP contribution is 2.19. The van der Waals surface area contributed by atoms with Gasteiger partial charge in [-0.2, -0.15) is 0 Å². The van der Waals surface area contributed by atoms with E-state index in [0.29, 0.717) is 5.75 Å². The summed E-state index contributed by atoms with van der Waals surface area (Å²) in [6, 6.07) is 8.08. The fourth-order valence-electron chi connectivity index (χ4n) is 1.87. The molecule has 2 rings (SSSR count). The average Bonchev–Trinajstić information content (AvgIpc) is 2.54. The molecule has 0 aliphatic heterocycles. The minimum atomic E-state index is -0.773. The molecule has 6 nitrogen and oxygen atoms in total. The lowest BCUT2D eigenvalue weighted by Crippen LogP contribution is -2.36. The number of primary amides is 1. The van der Waals surface area contributed by atoms with E-state index in [4.69, 9.17) is 5.73 Å². The number of nitrogens with one attached hydrogen (secondary N) is 1. The Labute approximate surface area is 138 Å². The van der Waals surface area contributed by atoms with Crippen molar-refractivity contribution in [3.63, 3.8) is 0 Å². The van der Waals surface area contributed by atoms with Crippen molar-refractivity contribution in [1.82, 2.24) is 15.3 Å². The number of hydrogen-bond donors (Lipinski definition) is 2. The van der Waals surface area contributed by atoms with Crippen LogP contribution in [0, 0.1) is 6.92 Å². The van der Waals surface area contributed by atoms with E-state index < -0.39 is 11.8 Å². The summed E-state index contributed by atoms with van der Waals surface area (Å²) in [4.78, 5) is 32.3. The van der Waals surface area contributed by atoms with Crippen molar-refractivity contribution in [2.45, 2.75) is 24.8 Å². The molecule has 0 unspecified atom stereocenters. The molecule has 1 atom stereocenters. The maximum atomic E-state index is 12.2. The number of aromatic nitrogens is 2. The van der Waals surface area contributed by atoms with Crippen LogP contribution >= 0.6 is 11.8 Å². The lowest BCUT2D eigenvalue weighted by atomic mass is 10.2. The highest BCUT2D eigenvalue weighted by molar-refractivity contribution is 7.99. The summed E-state index contributed by atoms with van der Waals surface area (Å²) < 4.78 is 0. The van der Waals surface area contributed by atoms with Gasteiger partial charge in [-0.05, 0) is 26.0 Å². The van der Waals surface area contributed by atoms with Crippen LogP contribution in [0.2, 0.25) is 0 Å². The van der Waals surface area contributed by atoms with E-state index in [-0.39, 0.29) is 17.4 Å². The molecule has 1 heterocycles. The molecule has 2 aromatic rings. The number of benzene rings is 1. The standard InChI is InChI=1S/C16H18N4O2S/c1-10-3-5-12(6-4-10)23-9-11(2)20-16(22)14-13(15(17)21)18-7-8-19-14/h3-8,11H,9H2,1-2H3,(H2,17,21)(H,20,22)/t11-/m0/s1. The van der Waals surface area contributed by atoms with E-state index >= 15 is 0 Å². The molecular formula is C16H18N4O2S. The molecule has 0 saturated carbocycles. The van der Waals surface area contributed by atoms with Crippen LogP contribution in [0.4, 0.5) is 0 Å². The van der Waals surface area contributed by atoms with Crippen molar-refractivity contribution < 1.29 is 9.59 Å². The summed E-state index contributed by atoms with van der Waals surface area (Å²) in [5.41, 5.74) is 6.24. The molecule has 3 N–H and O–H groups in total. The Kier molecular flexibility index (Phi) is 5.70. The summed E-state index contributed by atoms with van der Waals surface area (Å²) in [7, 11) is 0. The van der Waals surface area contributed by atoms with Gasteiger partial charge in [-0.15, -0.1) is 11.8 Å². The van der Waals surface area contributed by atoms with Gasteiger partial charge in [0.25, 0.3) is 11.8 Å². The van der Waals surface area contributed by atoms with E-state index in [1.807, 2.05) is 38.1 Å². The first kappa shape index (κ1) is 17.0. The van der Waals surface area contributed by atoms with Gasteiger partial charge in [-0.25, -0.2) is 9.97 Å². The van der Waals surface area contributed by atoms with E-state index in [2.05, 4.69) is 15.3 Å². The van der Waals surface area contributed by atoms with Crippen molar-refractivity contribution in [3.05, 3.63) is 53.6 Å². The predicted octanol–water partition coefficient (Wildman–Crippen LogP) is 1.79. The van der Waals surface area contributed by atoms with Crippen LogP contribution in [-0.2, 0) is 0 Å². The van der Waals surface area contributed by atoms with Crippen molar-refractivity contribution in [1.29, 1.82) is 0 Å². The number of carbonyl (C=O) groups excluding carboxylic acids is 2. The Balaban J connectivity index is 1.95. The second-order valence-electron chi connectivity index (χ2n) is 5.12. The largest absolute Gasteiger partial charge is 0.364 e. The predicted molar refractivity (Wildman–Crippen MR) is 89.4 cm³/mol. The third-order valence-corrected chi connectivity index (χ3v) is 4.32. The van der Waals surface area contributed by atoms with Gasteiger partial charge >= 0.3 is 0 Å². The Morgan fingerprint density at radius 1 is 1.17 bits per heavy atom. The van der Waals surface area contributed by atoms with Gasteiger partial charge in [-0.1, -0.05) is 17.7 Å². The number of rotatable bonds is 6. The average molecular weight is 330 g/mol. The molecule has 0 radical (unpaired) electrons. The summed E-state index contributed by atoms with van der Waals surface area (Å²) in [5.74, 6) is -0.533. The fourth-order valence-corrected chi connectivity index (χ4v) is 2.73. The maximum absolute atomic E-state index is 12.2. The topological polar surface area (TPSA) is 98.0 Å². The zero-order valence-corrected chi connectivity index (χ0v) is 13.8. The van der Waals surface area contributed by atoms with E-state index in [0.717, 1.165) is 4.90 Å². The number of amides is 2. The van der Waals surface area contributed by atoms with Gasteiger partial charge in [-0.3, -0.25) is 9.59 Å². The van der Waals surface area contributed by atoms with Gasteiger partial charge in [0.15, 0.2) is 11.4 Å². The van der Waals surface area contributed by atoms with Crippen LogP contribution in [-0.4, -0.2) is 33.6 Å². The molecule has 23 heavy (non-hydrogen) atoms. The van der Waals surface area contributed by atoms with Gasteiger partial charge < -0.3 is 11.1 Å². The van der Waals surface area contributed by atoms with Gasteiger partial charge in [0.1, 0.15) is 0 Å². The molecule has 0 aliphatic carbocycles. The van der Waals surface area contributed by atoms with Gasteiger partial charge in [0, 0.05) is 29.1 Å². The number of nitrogens with zero attached hydrogens (tertiary/aromatic N) is 2. The van der Waals surface area contributed by atoms with Crippen LogP contribution in [0.25, 0.3) is 0 Å². The highest BCUT2D eigenvalue weighted by atomic mass is 32.2. The molecule has 1 aromatic heterocycles. The summed E-state index contributed by atoms with van der Waals surface area (Å²) in [6.45, 7) is 3.92. The summed E-state index contributed by atoms with van der Waals surface area (Å²) >= 11 is 1.64. The van der Waals surface area contributed by atoms with E-state index in [1.165, 1.54) is 18.0 Å². The molecule has 0 saturated heterocycles. The Morgan fingerprint density at radius 3 is 2.39 bits per heavy atom. The van der Waals surface area contributed by atoms with Crippen molar-refractivity contribution in [3.8, 4) is 0 Å². The van der Waals surface area contributed by atoms with E-state index in [9.17, 15) is 9.59 Å². The second kappa shape index (κ2) is 7.73. The maximum Gasteiger partial charge on any atom is 0.272 e. The van der Waals surface area contributed by atoms with E-state index in [1.54, 1.807) is 11.8 Å². The molecule has 1 aromatic carbocycles. The number of carbonyl (C=O) groups is 2. The number of thioether (sulfide) groups is 1. The van der Waals surface area contributed by atoms with Gasteiger partial charge in [0.05, 0.1) is 0 Å². The minimum absolute atomic E-state index is 0.0489. The monoisotopic (exact) mass is 330 g/mol. The Bertz CT molecular complexity index is 703. The first-order chi connectivity index (χ1) is 11.0. The van der Waals surface area contributed by atoms with Crippen LogP contribution in [0.5, 0.6) is 0 Å². The first-order valence-corrected chi connectivity index (χ1v) is 8.07.